The first-order chi connectivity index (χ1) is 21.7. The summed E-state index contributed by atoms with van der Waals surface area (Å²) in [5, 5.41) is 41.5. The van der Waals surface area contributed by atoms with Crippen LogP contribution in [0, 0.1) is 12.7 Å². The molecular formula is C24H31FN6O4S. The molecule has 2 heterocycles. The number of hydrogen-bond acceptors (Lipinski definition) is 10. The molecule has 2 saturated carbocycles. The lowest BCUT2D eigenvalue weighted by atomic mass is 10.1. The van der Waals surface area contributed by atoms with Crippen molar-refractivity contribution in [3.05, 3.63) is 35.1 Å². The van der Waals surface area contributed by atoms with Crippen molar-refractivity contribution in [1.29, 1.82) is 0 Å². The van der Waals surface area contributed by atoms with E-state index in [0.717, 1.165) is 17.8 Å². The van der Waals surface area contributed by atoms with Crippen LogP contribution in [-0.4, -0.2) is 83.5 Å². The zero-order chi connectivity index (χ0) is 36.3. The Morgan fingerprint density at radius 2 is 2.17 bits per heavy atom. The molecule has 0 amide bonds. The maximum Gasteiger partial charge on any atom is 0.191 e. The first-order valence-electron chi connectivity index (χ1n) is 16.9. The van der Waals surface area contributed by atoms with Crippen molar-refractivity contribution in [3.63, 3.8) is 0 Å². The summed E-state index contributed by atoms with van der Waals surface area (Å²) in [5.74, 6) is -3.24. The number of nitrogens with zero attached hydrogens (tertiary/aromatic N) is 5. The molecule has 5 rings (SSSR count). The van der Waals surface area contributed by atoms with Gasteiger partial charge in [0.2, 0.25) is 0 Å². The third kappa shape index (κ3) is 4.92. The van der Waals surface area contributed by atoms with E-state index < -0.39 is 84.9 Å². The van der Waals surface area contributed by atoms with E-state index in [9.17, 15) is 19.7 Å². The standard InChI is InChI=1S/C24H31FN6O4S/c1-3-8-36-24-27-22(26-16-10-14(16)13-5-4-12(2)15(25)9-13)19-23(28-24)31(30-29-19)17-11-18(35-7-6-32)21(34)20(17)33/h4-5,9,14,16-18,20-21,32-34H,3,6-8,10-11H2,1-2H3,(H,26,27,28)/t14-,16+,17+,18-,20-,21+/m0/s1/i6D2,10D2,11D2,14D,16D,17D,18D,20D,21D. The molecule has 2 fully saturated rings. The summed E-state index contributed by atoms with van der Waals surface area (Å²) in [4.78, 5) is 8.48. The predicted octanol–water partition coefficient (Wildman–Crippen LogP) is 2.18. The Kier molecular flexibility index (Phi) is 4.25. The topological polar surface area (TPSA) is 138 Å². The van der Waals surface area contributed by atoms with E-state index in [1.165, 1.54) is 19.1 Å². The van der Waals surface area contributed by atoms with Crippen LogP contribution in [0.3, 0.4) is 0 Å². The summed E-state index contributed by atoms with van der Waals surface area (Å²) < 4.78 is 121. The van der Waals surface area contributed by atoms with Crippen LogP contribution >= 0.6 is 11.8 Å². The molecule has 4 N–H and O–H groups in total. The van der Waals surface area contributed by atoms with Crippen molar-refractivity contribution in [2.45, 2.75) is 74.3 Å². The maximum atomic E-state index is 14.5. The van der Waals surface area contributed by atoms with E-state index in [-0.39, 0.29) is 21.0 Å². The number of ether oxygens (including phenoxy) is 1. The highest BCUT2D eigenvalue weighted by molar-refractivity contribution is 7.99. The number of benzene rings is 1. The Hall–Kier alpha value is -2.38. The van der Waals surface area contributed by atoms with Gasteiger partial charge < -0.3 is 25.4 Å². The number of hydrogen-bond donors (Lipinski definition) is 4. The molecule has 0 radical (unpaired) electrons. The average Bonchev–Trinajstić information content (AvgIpc) is 3.26. The number of fused-ring (bicyclic) bond motifs is 1. The van der Waals surface area contributed by atoms with Crippen LogP contribution in [0.4, 0.5) is 10.2 Å². The molecule has 36 heavy (non-hydrogen) atoms. The minimum atomic E-state index is -4.06. The highest BCUT2D eigenvalue weighted by atomic mass is 32.2. The third-order valence-electron chi connectivity index (χ3n) is 5.25. The summed E-state index contributed by atoms with van der Waals surface area (Å²) >= 11 is 0.995. The zero-order valence-electron chi connectivity index (χ0n) is 31.1. The van der Waals surface area contributed by atoms with Crippen LogP contribution < -0.4 is 5.32 Å². The molecule has 0 saturated heterocycles. The number of aliphatic hydroxyl groups is 3. The number of aromatic nitrogens is 5. The molecule has 3 aromatic rings. The molecule has 2 aromatic heterocycles. The number of aryl methyl sites for hydroxylation is 1. The van der Waals surface area contributed by atoms with Gasteiger partial charge in [0, 0.05) is 30.9 Å². The van der Waals surface area contributed by atoms with Crippen molar-refractivity contribution in [2.75, 3.05) is 24.2 Å². The number of anilines is 1. The van der Waals surface area contributed by atoms with E-state index in [1.54, 1.807) is 0 Å². The molecule has 1 aromatic carbocycles. The van der Waals surface area contributed by atoms with E-state index in [0.29, 0.717) is 12.2 Å². The van der Waals surface area contributed by atoms with E-state index in [1.807, 2.05) is 6.92 Å². The predicted molar refractivity (Wildman–Crippen MR) is 133 cm³/mol. The second-order valence-electron chi connectivity index (χ2n) is 7.79. The van der Waals surface area contributed by atoms with Crippen molar-refractivity contribution < 1.29 is 40.9 Å². The molecule has 12 heteroatoms. The van der Waals surface area contributed by atoms with Crippen molar-refractivity contribution in [1.82, 2.24) is 25.0 Å². The second kappa shape index (κ2) is 10.5. The first-order valence-corrected chi connectivity index (χ1v) is 11.8. The highest BCUT2D eigenvalue weighted by Crippen LogP contribution is 2.44. The fourth-order valence-corrected chi connectivity index (χ4v) is 4.06. The van der Waals surface area contributed by atoms with Gasteiger partial charge in [0.05, 0.1) is 34.9 Å². The number of rotatable bonds is 10. The average molecular weight is 531 g/mol. The van der Waals surface area contributed by atoms with Crippen LogP contribution in [0.5, 0.6) is 0 Å². The molecule has 2 aliphatic rings. The fraction of sp³-hybridized carbons (Fsp3) is 0.583. The fourth-order valence-electron chi connectivity index (χ4n) is 3.37. The van der Waals surface area contributed by atoms with Crippen LogP contribution in [0.25, 0.3) is 11.2 Å². The summed E-state index contributed by atoms with van der Waals surface area (Å²) in [5.41, 5.74) is -1.12. The normalized spacial score (nSPS) is 47.9. The van der Waals surface area contributed by atoms with Crippen molar-refractivity contribution >= 4 is 28.7 Å². The summed E-state index contributed by atoms with van der Waals surface area (Å²) in [6.45, 7) is -1.48. The minimum Gasteiger partial charge on any atom is -0.394 e. The molecule has 0 bridgehead atoms. The Balaban J connectivity index is 1.69. The molecule has 6 atom stereocenters. The SMILES string of the molecule is [2H]C([2H])(O)CO[C@@]1([2H])C([2H])([2H])[C@@]([2H])(n2nnc3c(N[C@]4([2H])C([2H])([2H])[C@@]4([2H])c4ccc(C)c(F)c4)nc(SCCC)nc32)[C@]([2H])(O)[C@]1([2H])O. The maximum absolute atomic E-state index is 14.5. The van der Waals surface area contributed by atoms with Crippen LogP contribution in [0.2, 0.25) is 0 Å². The molecule has 10 nitrogen and oxygen atoms in total. The minimum absolute atomic E-state index is 0.157. The first kappa shape index (κ1) is 14.5. The van der Waals surface area contributed by atoms with E-state index in [4.69, 9.17) is 21.2 Å². The lowest BCUT2D eigenvalue weighted by Gasteiger charge is -2.17. The van der Waals surface area contributed by atoms with Gasteiger partial charge in [-0.25, -0.2) is 19.0 Å². The monoisotopic (exact) mass is 530 g/mol. The lowest BCUT2D eigenvalue weighted by Crippen LogP contribution is -2.33. The summed E-state index contributed by atoms with van der Waals surface area (Å²) in [7, 11) is 0. The van der Waals surface area contributed by atoms with E-state index >= 15 is 0 Å². The van der Waals surface area contributed by atoms with Gasteiger partial charge in [0.15, 0.2) is 22.1 Å². The molecule has 0 unspecified atom stereocenters. The van der Waals surface area contributed by atoms with Gasteiger partial charge in [-0.3, -0.25) is 0 Å². The Morgan fingerprint density at radius 1 is 1.33 bits per heavy atom. The number of nitrogens with one attached hydrogen (secondary N) is 1. The van der Waals surface area contributed by atoms with Gasteiger partial charge in [-0.1, -0.05) is 36.0 Å². The summed E-state index contributed by atoms with van der Waals surface area (Å²) in [6.07, 6.45) is -17.9. The number of thioether (sulfide) groups is 1. The van der Waals surface area contributed by atoms with E-state index in [2.05, 4.69) is 25.6 Å². The van der Waals surface area contributed by atoms with Crippen molar-refractivity contribution in [3.8, 4) is 0 Å². The molecular weight excluding hydrogens is 487 g/mol. The quantitative estimate of drug-likeness (QED) is 0.228. The smallest absolute Gasteiger partial charge is 0.191 e. The largest absolute Gasteiger partial charge is 0.394 e. The molecule has 0 spiro atoms. The van der Waals surface area contributed by atoms with Crippen LogP contribution in [0.15, 0.2) is 23.4 Å². The van der Waals surface area contributed by atoms with Gasteiger partial charge in [-0.2, -0.15) is 0 Å². The summed E-state index contributed by atoms with van der Waals surface area (Å²) in [6, 6.07) is -2.74. The van der Waals surface area contributed by atoms with Crippen LogP contribution in [0.1, 0.15) is 65.6 Å². The van der Waals surface area contributed by atoms with Gasteiger partial charge in [0.1, 0.15) is 18.0 Å². The van der Waals surface area contributed by atoms with Gasteiger partial charge >= 0.3 is 0 Å². The molecule has 194 valence electrons. The van der Waals surface area contributed by atoms with Gasteiger partial charge in [-0.05, 0) is 36.9 Å². The lowest BCUT2D eigenvalue weighted by molar-refractivity contribution is -0.0629. The number of halogens is 1. The van der Waals surface area contributed by atoms with Crippen LogP contribution in [-0.2, 0) is 4.74 Å². The molecule has 0 aliphatic heterocycles. The second-order valence-corrected chi connectivity index (χ2v) is 8.85. The highest BCUT2D eigenvalue weighted by Gasteiger charge is 2.45. The third-order valence-corrected chi connectivity index (χ3v) is 6.30. The van der Waals surface area contributed by atoms with Crippen molar-refractivity contribution in [2.24, 2.45) is 0 Å². The Morgan fingerprint density at radius 3 is 2.92 bits per heavy atom. The van der Waals surface area contributed by atoms with Gasteiger partial charge in [0.25, 0.3) is 0 Å². The molecule has 2 aliphatic carbocycles. The van der Waals surface area contributed by atoms with Gasteiger partial charge in [-0.15, -0.1) is 5.10 Å². The zero-order valence-corrected chi connectivity index (χ0v) is 19.9. The Bertz CT molecular complexity index is 1780. The Labute approximate surface area is 229 Å².